The van der Waals surface area contributed by atoms with E-state index in [2.05, 4.69) is 15.3 Å². The number of rotatable bonds is 3. The Hall–Kier alpha value is -1.21. The molecule has 0 spiro atoms. The first-order valence-corrected chi connectivity index (χ1v) is 7.39. The number of nitrogens with zero attached hydrogens (tertiary/aromatic N) is 3. The van der Waals surface area contributed by atoms with Gasteiger partial charge in [0.15, 0.2) is 0 Å². The first-order valence-electron chi connectivity index (χ1n) is 5.54. The van der Waals surface area contributed by atoms with Crippen LogP contribution in [0.4, 0.5) is 5.95 Å². The molecular formula is C10H16N4O2S. The summed E-state index contributed by atoms with van der Waals surface area (Å²) in [6.07, 6.45) is 6.36. The predicted octanol–water partition coefficient (Wildman–Crippen LogP) is 0.312. The van der Waals surface area contributed by atoms with Crippen molar-refractivity contribution in [3.8, 4) is 0 Å². The van der Waals surface area contributed by atoms with Crippen molar-refractivity contribution < 1.29 is 8.42 Å². The second kappa shape index (κ2) is 4.97. The van der Waals surface area contributed by atoms with Gasteiger partial charge in [-0.15, -0.1) is 0 Å². The Morgan fingerprint density at radius 3 is 2.76 bits per heavy atom. The van der Waals surface area contributed by atoms with Gasteiger partial charge in [-0.1, -0.05) is 0 Å². The molecule has 0 saturated carbocycles. The van der Waals surface area contributed by atoms with E-state index in [-0.39, 0.29) is 6.04 Å². The quantitative estimate of drug-likeness (QED) is 0.842. The standard InChI is InChI=1S/C10H16N4O2S/c1-17(15,16)14-7-2-4-9(8-14)13-10-11-5-3-6-12-10/h3,5-6,9H,2,4,7-8H2,1H3,(H,11,12,13)/t9-/m1/s1. The molecule has 0 unspecified atom stereocenters. The van der Waals surface area contributed by atoms with Gasteiger partial charge in [-0.3, -0.25) is 0 Å². The van der Waals surface area contributed by atoms with E-state index in [4.69, 9.17) is 0 Å². The van der Waals surface area contributed by atoms with E-state index in [1.165, 1.54) is 10.6 Å². The zero-order chi connectivity index (χ0) is 12.3. The van der Waals surface area contributed by atoms with E-state index in [9.17, 15) is 8.42 Å². The fourth-order valence-corrected chi connectivity index (χ4v) is 2.83. The van der Waals surface area contributed by atoms with Crippen molar-refractivity contribution in [1.29, 1.82) is 0 Å². The van der Waals surface area contributed by atoms with Gasteiger partial charge in [-0.25, -0.2) is 22.7 Å². The summed E-state index contributed by atoms with van der Waals surface area (Å²) in [5.41, 5.74) is 0. The zero-order valence-electron chi connectivity index (χ0n) is 9.70. The Kier molecular flexibility index (Phi) is 3.58. The number of anilines is 1. The highest BCUT2D eigenvalue weighted by Gasteiger charge is 2.25. The molecule has 0 aliphatic carbocycles. The van der Waals surface area contributed by atoms with E-state index < -0.39 is 10.0 Å². The molecule has 1 saturated heterocycles. The summed E-state index contributed by atoms with van der Waals surface area (Å²) in [5.74, 6) is 0.549. The molecule has 7 heteroatoms. The van der Waals surface area contributed by atoms with Crippen LogP contribution in [0.5, 0.6) is 0 Å². The number of sulfonamides is 1. The third-order valence-electron chi connectivity index (χ3n) is 2.75. The SMILES string of the molecule is CS(=O)(=O)N1CCC[C@@H](Nc2ncccn2)C1. The summed E-state index contributed by atoms with van der Waals surface area (Å²) in [7, 11) is -3.10. The molecule has 2 rings (SSSR count). The Morgan fingerprint density at radius 1 is 1.41 bits per heavy atom. The molecule has 1 aromatic heterocycles. The van der Waals surface area contributed by atoms with Crippen LogP contribution < -0.4 is 5.32 Å². The maximum Gasteiger partial charge on any atom is 0.222 e. The molecule has 1 N–H and O–H groups in total. The highest BCUT2D eigenvalue weighted by molar-refractivity contribution is 7.88. The van der Waals surface area contributed by atoms with Crippen LogP contribution in [0, 0.1) is 0 Å². The molecule has 17 heavy (non-hydrogen) atoms. The molecule has 0 radical (unpaired) electrons. The average Bonchev–Trinajstić information content (AvgIpc) is 2.29. The molecule has 0 aromatic carbocycles. The Labute approximate surface area is 101 Å². The lowest BCUT2D eigenvalue weighted by atomic mass is 10.1. The molecule has 0 bridgehead atoms. The van der Waals surface area contributed by atoms with E-state index >= 15 is 0 Å². The lowest BCUT2D eigenvalue weighted by Crippen LogP contribution is -2.44. The lowest BCUT2D eigenvalue weighted by Gasteiger charge is -2.31. The summed E-state index contributed by atoms with van der Waals surface area (Å²) in [6.45, 7) is 1.09. The molecule has 1 aliphatic rings. The normalized spacial score (nSPS) is 22.3. The first kappa shape index (κ1) is 12.3. The molecule has 2 heterocycles. The smallest absolute Gasteiger partial charge is 0.222 e. The van der Waals surface area contributed by atoms with Crippen LogP contribution in [-0.2, 0) is 10.0 Å². The van der Waals surface area contributed by atoms with Crippen molar-refractivity contribution in [1.82, 2.24) is 14.3 Å². The Morgan fingerprint density at radius 2 is 2.12 bits per heavy atom. The van der Waals surface area contributed by atoms with Crippen LogP contribution in [0.3, 0.4) is 0 Å². The monoisotopic (exact) mass is 256 g/mol. The molecule has 1 fully saturated rings. The van der Waals surface area contributed by atoms with Crippen molar-refractivity contribution in [2.24, 2.45) is 0 Å². The molecule has 1 aromatic rings. The van der Waals surface area contributed by atoms with Crippen LogP contribution in [0.25, 0.3) is 0 Å². The van der Waals surface area contributed by atoms with Crippen LogP contribution in [0.15, 0.2) is 18.5 Å². The minimum absolute atomic E-state index is 0.0841. The molecule has 1 aliphatic heterocycles. The number of hydrogen-bond donors (Lipinski definition) is 1. The summed E-state index contributed by atoms with van der Waals surface area (Å²) >= 11 is 0. The van der Waals surface area contributed by atoms with Gasteiger partial charge in [0.05, 0.1) is 6.26 Å². The van der Waals surface area contributed by atoms with Gasteiger partial charge in [0.1, 0.15) is 0 Å². The topological polar surface area (TPSA) is 75.2 Å². The number of hydrogen-bond acceptors (Lipinski definition) is 5. The maximum atomic E-state index is 11.5. The van der Waals surface area contributed by atoms with Gasteiger partial charge in [0.2, 0.25) is 16.0 Å². The largest absolute Gasteiger partial charge is 0.350 e. The zero-order valence-corrected chi connectivity index (χ0v) is 10.5. The molecule has 94 valence electrons. The average molecular weight is 256 g/mol. The Balaban J connectivity index is 1.99. The van der Waals surface area contributed by atoms with Crippen LogP contribution in [0.1, 0.15) is 12.8 Å². The second-order valence-corrected chi connectivity index (χ2v) is 6.16. The van der Waals surface area contributed by atoms with E-state index in [1.807, 2.05) is 0 Å². The van der Waals surface area contributed by atoms with E-state index in [1.54, 1.807) is 18.5 Å². The fourth-order valence-electron chi connectivity index (χ4n) is 1.92. The summed E-state index contributed by atoms with van der Waals surface area (Å²) in [4.78, 5) is 8.14. The van der Waals surface area contributed by atoms with Crippen LogP contribution in [0.2, 0.25) is 0 Å². The fraction of sp³-hybridized carbons (Fsp3) is 0.600. The molecular weight excluding hydrogens is 240 g/mol. The van der Waals surface area contributed by atoms with Crippen molar-refractivity contribution in [3.05, 3.63) is 18.5 Å². The number of piperidine rings is 1. The predicted molar refractivity (Wildman–Crippen MR) is 65.1 cm³/mol. The number of aromatic nitrogens is 2. The van der Waals surface area contributed by atoms with Crippen molar-refractivity contribution in [3.63, 3.8) is 0 Å². The Bertz CT molecular complexity index is 462. The van der Waals surface area contributed by atoms with Gasteiger partial charge in [-0.05, 0) is 18.9 Å². The van der Waals surface area contributed by atoms with Crippen LogP contribution in [-0.4, -0.2) is 48.1 Å². The second-order valence-electron chi connectivity index (χ2n) is 4.18. The number of nitrogens with one attached hydrogen (secondary N) is 1. The molecule has 0 amide bonds. The van der Waals surface area contributed by atoms with Gasteiger partial charge in [0.25, 0.3) is 0 Å². The van der Waals surface area contributed by atoms with E-state index in [0.29, 0.717) is 19.0 Å². The highest BCUT2D eigenvalue weighted by atomic mass is 32.2. The van der Waals surface area contributed by atoms with Gasteiger partial charge in [-0.2, -0.15) is 0 Å². The summed E-state index contributed by atoms with van der Waals surface area (Å²) < 4.78 is 24.4. The lowest BCUT2D eigenvalue weighted by molar-refractivity contribution is 0.328. The highest BCUT2D eigenvalue weighted by Crippen LogP contribution is 2.15. The third kappa shape index (κ3) is 3.37. The van der Waals surface area contributed by atoms with Crippen molar-refractivity contribution in [2.45, 2.75) is 18.9 Å². The minimum atomic E-state index is -3.10. The van der Waals surface area contributed by atoms with Gasteiger partial charge >= 0.3 is 0 Å². The first-order chi connectivity index (χ1) is 8.05. The van der Waals surface area contributed by atoms with Crippen molar-refractivity contribution in [2.75, 3.05) is 24.7 Å². The third-order valence-corrected chi connectivity index (χ3v) is 4.02. The summed E-state index contributed by atoms with van der Waals surface area (Å²) in [5, 5.41) is 3.15. The van der Waals surface area contributed by atoms with Crippen molar-refractivity contribution >= 4 is 16.0 Å². The van der Waals surface area contributed by atoms with E-state index in [0.717, 1.165) is 12.8 Å². The minimum Gasteiger partial charge on any atom is -0.350 e. The van der Waals surface area contributed by atoms with Gasteiger partial charge in [0, 0.05) is 31.5 Å². The van der Waals surface area contributed by atoms with Crippen LogP contribution >= 0.6 is 0 Å². The van der Waals surface area contributed by atoms with Gasteiger partial charge < -0.3 is 5.32 Å². The molecule has 6 nitrogen and oxygen atoms in total. The summed E-state index contributed by atoms with van der Waals surface area (Å²) in [6, 6.07) is 1.83. The maximum absolute atomic E-state index is 11.5. The molecule has 1 atom stereocenters.